The maximum atomic E-state index is 13.4. The van der Waals surface area contributed by atoms with E-state index in [0.717, 1.165) is 10.5 Å². The highest BCUT2D eigenvalue weighted by atomic mass is 32.2. The van der Waals surface area contributed by atoms with Crippen molar-refractivity contribution in [2.24, 2.45) is 0 Å². The van der Waals surface area contributed by atoms with Crippen LogP contribution in [0.2, 0.25) is 0 Å². The number of amides is 2. The summed E-state index contributed by atoms with van der Waals surface area (Å²) in [5.41, 5.74) is 2.04. The maximum absolute atomic E-state index is 13.4. The molecule has 1 heterocycles. The Morgan fingerprint density at radius 2 is 1.63 bits per heavy atom. The lowest BCUT2D eigenvalue weighted by atomic mass is 10.1. The minimum atomic E-state index is -0.522. The molecule has 178 valence electrons. The van der Waals surface area contributed by atoms with Crippen LogP contribution in [0.1, 0.15) is 21.4 Å². The van der Waals surface area contributed by atoms with Gasteiger partial charge in [-0.1, -0.05) is 30.3 Å². The molecule has 3 aromatic carbocycles. The van der Waals surface area contributed by atoms with E-state index in [2.05, 4.69) is 10.6 Å². The molecule has 7 nitrogen and oxygen atoms in total. The zero-order valence-corrected chi connectivity index (χ0v) is 20.0. The summed E-state index contributed by atoms with van der Waals surface area (Å²) in [4.78, 5) is 26.5. The van der Waals surface area contributed by atoms with Crippen molar-refractivity contribution in [3.05, 3.63) is 103 Å². The molecule has 0 spiro atoms. The van der Waals surface area contributed by atoms with Gasteiger partial charge in [-0.25, -0.2) is 0 Å². The Bertz CT molecular complexity index is 1270. The number of anilines is 2. The highest BCUT2D eigenvalue weighted by Crippen LogP contribution is 2.38. The average Bonchev–Trinajstić information content (AvgIpc) is 3.44. The lowest BCUT2D eigenvalue weighted by molar-refractivity contribution is -0.115. The largest absolute Gasteiger partial charge is 0.497 e. The third kappa shape index (κ3) is 6.04. The van der Waals surface area contributed by atoms with Gasteiger partial charge in [0.25, 0.3) is 5.91 Å². The van der Waals surface area contributed by atoms with E-state index in [-0.39, 0.29) is 17.6 Å². The van der Waals surface area contributed by atoms with E-state index in [0.29, 0.717) is 22.9 Å². The first-order valence-electron chi connectivity index (χ1n) is 10.8. The van der Waals surface area contributed by atoms with Gasteiger partial charge in [0.1, 0.15) is 16.7 Å². The number of rotatable bonds is 9. The molecule has 0 saturated carbocycles. The third-order valence-electron chi connectivity index (χ3n) is 5.12. The fraction of sp³-hybridized carbons (Fsp3) is 0.111. The SMILES string of the molecule is COc1ccc(NC(=O)C(Sc2ccc(NC(=O)c3ccco3)cc2)c2ccccc2)c(OC)c1. The standard InChI is InChI=1S/C27H24N2O5S/c1-32-20-12-15-22(24(17-20)33-2)29-27(31)25(18-7-4-3-5-8-18)35-21-13-10-19(11-14-21)28-26(30)23-9-6-16-34-23/h3-17,25H,1-2H3,(H,28,30)(H,29,31). The van der Waals surface area contributed by atoms with Gasteiger partial charge in [0.2, 0.25) is 5.91 Å². The number of ether oxygens (including phenoxy) is 2. The van der Waals surface area contributed by atoms with Crippen molar-refractivity contribution in [1.29, 1.82) is 0 Å². The van der Waals surface area contributed by atoms with Gasteiger partial charge in [0, 0.05) is 16.6 Å². The molecule has 2 amide bonds. The van der Waals surface area contributed by atoms with Crippen LogP contribution in [0.4, 0.5) is 11.4 Å². The van der Waals surface area contributed by atoms with Crippen LogP contribution in [0.15, 0.2) is 101 Å². The third-order valence-corrected chi connectivity index (χ3v) is 6.38. The quantitative estimate of drug-likeness (QED) is 0.280. The fourth-order valence-electron chi connectivity index (χ4n) is 3.35. The number of benzene rings is 3. The highest BCUT2D eigenvalue weighted by molar-refractivity contribution is 8.00. The molecule has 0 aliphatic heterocycles. The Kier molecular flexibility index (Phi) is 7.74. The van der Waals surface area contributed by atoms with Crippen molar-refractivity contribution in [1.82, 2.24) is 0 Å². The molecule has 1 unspecified atom stereocenters. The van der Waals surface area contributed by atoms with Crippen LogP contribution < -0.4 is 20.1 Å². The normalized spacial score (nSPS) is 11.4. The second-order valence-electron chi connectivity index (χ2n) is 7.42. The lowest BCUT2D eigenvalue weighted by Gasteiger charge is -2.19. The van der Waals surface area contributed by atoms with Gasteiger partial charge in [-0.05, 0) is 54.1 Å². The topological polar surface area (TPSA) is 89.8 Å². The summed E-state index contributed by atoms with van der Waals surface area (Å²) in [7, 11) is 3.11. The van der Waals surface area contributed by atoms with Crippen LogP contribution in [-0.2, 0) is 4.79 Å². The Balaban J connectivity index is 1.52. The Morgan fingerprint density at radius 1 is 0.857 bits per heavy atom. The Labute approximate surface area is 207 Å². The van der Waals surface area contributed by atoms with Crippen LogP contribution in [0.25, 0.3) is 0 Å². The van der Waals surface area contributed by atoms with Crippen LogP contribution in [0.5, 0.6) is 11.5 Å². The molecule has 4 rings (SSSR count). The number of hydrogen-bond donors (Lipinski definition) is 2. The van der Waals surface area contributed by atoms with Crippen LogP contribution in [-0.4, -0.2) is 26.0 Å². The summed E-state index contributed by atoms with van der Waals surface area (Å²) in [6.45, 7) is 0. The second kappa shape index (κ2) is 11.3. The number of carbonyl (C=O) groups is 2. The summed E-state index contributed by atoms with van der Waals surface area (Å²) in [6.07, 6.45) is 1.45. The van der Waals surface area contributed by atoms with E-state index in [1.54, 1.807) is 56.7 Å². The van der Waals surface area contributed by atoms with E-state index >= 15 is 0 Å². The van der Waals surface area contributed by atoms with E-state index in [4.69, 9.17) is 13.9 Å². The van der Waals surface area contributed by atoms with Gasteiger partial charge >= 0.3 is 0 Å². The number of thioether (sulfide) groups is 1. The minimum Gasteiger partial charge on any atom is -0.497 e. The first-order valence-corrected chi connectivity index (χ1v) is 11.6. The van der Waals surface area contributed by atoms with Crippen molar-refractivity contribution in [2.45, 2.75) is 10.1 Å². The number of carbonyl (C=O) groups excluding carboxylic acids is 2. The molecule has 0 aliphatic carbocycles. The van der Waals surface area contributed by atoms with E-state index in [9.17, 15) is 9.59 Å². The van der Waals surface area contributed by atoms with Gasteiger partial charge in [0.15, 0.2) is 5.76 Å². The number of furan rings is 1. The van der Waals surface area contributed by atoms with Gasteiger partial charge < -0.3 is 24.5 Å². The zero-order valence-electron chi connectivity index (χ0n) is 19.2. The first-order chi connectivity index (χ1) is 17.1. The van der Waals surface area contributed by atoms with Gasteiger partial charge in [-0.2, -0.15) is 0 Å². The predicted molar refractivity (Wildman–Crippen MR) is 136 cm³/mol. The predicted octanol–water partition coefficient (Wildman–Crippen LogP) is 6.02. The molecular formula is C27H24N2O5S. The molecule has 0 bridgehead atoms. The van der Waals surface area contributed by atoms with Crippen LogP contribution in [0.3, 0.4) is 0 Å². The van der Waals surface area contributed by atoms with E-state index in [1.807, 2.05) is 42.5 Å². The first kappa shape index (κ1) is 24.0. The fourth-order valence-corrected chi connectivity index (χ4v) is 4.38. The molecule has 0 radical (unpaired) electrons. The number of nitrogens with one attached hydrogen (secondary N) is 2. The molecule has 2 N–H and O–H groups in total. The van der Waals surface area contributed by atoms with Crippen molar-refractivity contribution < 1.29 is 23.5 Å². The van der Waals surface area contributed by atoms with E-state index in [1.165, 1.54) is 18.0 Å². The summed E-state index contributed by atoms with van der Waals surface area (Å²) in [5, 5.41) is 5.24. The van der Waals surface area contributed by atoms with Crippen molar-refractivity contribution in [3.63, 3.8) is 0 Å². The minimum absolute atomic E-state index is 0.195. The van der Waals surface area contributed by atoms with Crippen molar-refractivity contribution >= 4 is 35.0 Å². The highest BCUT2D eigenvalue weighted by Gasteiger charge is 2.23. The zero-order chi connectivity index (χ0) is 24.6. The molecule has 0 aliphatic rings. The van der Waals surface area contributed by atoms with Crippen molar-refractivity contribution in [2.75, 3.05) is 24.9 Å². The van der Waals surface area contributed by atoms with Crippen molar-refractivity contribution in [3.8, 4) is 11.5 Å². The van der Waals surface area contributed by atoms with Crippen LogP contribution in [0, 0.1) is 0 Å². The molecule has 35 heavy (non-hydrogen) atoms. The van der Waals surface area contributed by atoms with E-state index < -0.39 is 5.25 Å². The number of hydrogen-bond acceptors (Lipinski definition) is 6. The monoisotopic (exact) mass is 488 g/mol. The lowest BCUT2D eigenvalue weighted by Crippen LogP contribution is -2.19. The Morgan fingerprint density at radius 3 is 2.29 bits per heavy atom. The smallest absolute Gasteiger partial charge is 0.291 e. The number of methoxy groups -OCH3 is 2. The van der Waals surface area contributed by atoms with Crippen LogP contribution >= 0.6 is 11.8 Å². The van der Waals surface area contributed by atoms with Gasteiger partial charge in [0.05, 0.1) is 26.2 Å². The molecule has 8 heteroatoms. The molecule has 1 atom stereocenters. The summed E-state index contributed by atoms with van der Waals surface area (Å²) < 4.78 is 15.8. The summed E-state index contributed by atoms with van der Waals surface area (Å²) >= 11 is 1.41. The summed E-state index contributed by atoms with van der Waals surface area (Å²) in [6, 6.07) is 25.3. The maximum Gasteiger partial charge on any atom is 0.291 e. The molecule has 1 aromatic heterocycles. The van der Waals surface area contributed by atoms with Gasteiger partial charge in [-0.15, -0.1) is 11.8 Å². The molecule has 4 aromatic rings. The average molecular weight is 489 g/mol. The Hall–Kier alpha value is -4.17. The summed E-state index contributed by atoms with van der Waals surface area (Å²) in [5.74, 6) is 0.850. The molecular weight excluding hydrogens is 464 g/mol. The molecule has 0 saturated heterocycles. The second-order valence-corrected chi connectivity index (χ2v) is 8.60. The molecule has 0 fully saturated rings. The van der Waals surface area contributed by atoms with Gasteiger partial charge in [-0.3, -0.25) is 9.59 Å².